The maximum absolute atomic E-state index is 12.9. The zero-order chi connectivity index (χ0) is 19.2. The van der Waals surface area contributed by atoms with Gasteiger partial charge >= 0.3 is 6.18 Å². The fraction of sp³-hybridized carbons (Fsp3) is 0.0526. The van der Waals surface area contributed by atoms with E-state index >= 15 is 0 Å². The smallest absolute Gasteiger partial charge is 0.360 e. The van der Waals surface area contributed by atoms with Gasteiger partial charge < -0.3 is 15.3 Å². The Morgan fingerprint density at radius 1 is 0.926 bits per heavy atom. The van der Waals surface area contributed by atoms with Gasteiger partial charge in [0.05, 0.1) is 5.56 Å². The highest BCUT2D eigenvalue weighted by Crippen LogP contribution is 2.35. The lowest BCUT2D eigenvalue weighted by Crippen LogP contribution is -2.21. The van der Waals surface area contributed by atoms with Crippen LogP contribution in [0.4, 0.5) is 18.9 Å². The molecule has 0 aliphatic rings. The maximum Gasteiger partial charge on any atom is 0.418 e. The number of amides is 1. The van der Waals surface area contributed by atoms with Gasteiger partial charge in [-0.05, 0) is 24.3 Å². The average Bonchev–Trinajstić information content (AvgIpc) is 3.05. The highest BCUT2D eigenvalue weighted by atomic mass is 19.4. The first-order valence-corrected chi connectivity index (χ1v) is 7.95. The van der Waals surface area contributed by atoms with Gasteiger partial charge in [0.1, 0.15) is 5.56 Å². The number of rotatable bonds is 2. The second kappa shape index (κ2) is 6.01. The van der Waals surface area contributed by atoms with Gasteiger partial charge in [-0.25, -0.2) is 0 Å². The average molecular weight is 371 g/mol. The first kappa shape index (κ1) is 16.9. The molecule has 4 rings (SSSR count). The number of aromatic amines is 2. The van der Waals surface area contributed by atoms with Gasteiger partial charge in [-0.2, -0.15) is 13.2 Å². The van der Waals surface area contributed by atoms with Crippen molar-refractivity contribution < 1.29 is 18.0 Å². The number of aromatic nitrogens is 2. The minimum absolute atomic E-state index is 0.00375. The highest BCUT2D eigenvalue weighted by Gasteiger charge is 2.33. The summed E-state index contributed by atoms with van der Waals surface area (Å²) in [5.41, 5.74) is -0.186. The van der Waals surface area contributed by atoms with Crippen LogP contribution in [0.2, 0.25) is 0 Å². The number of para-hydroxylation sites is 1. The van der Waals surface area contributed by atoms with Crippen molar-refractivity contribution in [2.24, 2.45) is 0 Å². The van der Waals surface area contributed by atoms with Gasteiger partial charge in [-0.15, -0.1) is 0 Å². The summed E-state index contributed by atoms with van der Waals surface area (Å²) in [6, 6.07) is 10.8. The Balaban J connectivity index is 1.67. The van der Waals surface area contributed by atoms with E-state index < -0.39 is 23.1 Å². The highest BCUT2D eigenvalue weighted by molar-refractivity contribution is 6.06. The Kier molecular flexibility index (Phi) is 3.76. The summed E-state index contributed by atoms with van der Waals surface area (Å²) < 4.78 is 38.8. The van der Waals surface area contributed by atoms with Gasteiger partial charge in [0, 0.05) is 39.9 Å². The Bertz CT molecular complexity index is 1240. The van der Waals surface area contributed by atoms with Gasteiger partial charge in [0.15, 0.2) is 0 Å². The second-order valence-corrected chi connectivity index (χ2v) is 5.99. The number of halogens is 3. The van der Waals surface area contributed by atoms with Crippen molar-refractivity contribution in [1.29, 1.82) is 0 Å². The molecule has 3 N–H and O–H groups in total. The van der Waals surface area contributed by atoms with Crippen LogP contribution in [0.15, 0.2) is 59.7 Å². The normalized spacial score (nSPS) is 11.8. The lowest BCUT2D eigenvalue weighted by molar-refractivity contribution is -0.136. The molecule has 1 amide bonds. The van der Waals surface area contributed by atoms with Crippen molar-refractivity contribution in [2.75, 3.05) is 5.32 Å². The molecular formula is C19H12F3N3O2. The van der Waals surface area contributed by atoms with Crippen LogP contribution in [0.3, 0.4) is 0 Å². The Morgan fingerprint density at radius 3 is 2.44 bits per heavy atom. The Morgan fingerprint density at radius 2 is 1.67 bits per heavy atom. The van der Waals surface area contributed by atoms with Gasteiger partial charge in [0.2, 0.25) is 5.43 Å². The van der Waals surface area contributed by atoms with Crippen LogP contribution in [0, 0.1) is 0 Å². The number of carbonyl (C=O) groups is 1. The van der Waals surface area contributed by atoms with Gasteiger partial charge in [-0.1, -0.05) is 18.2 Å². The summed E-state index contributed by atoms with van der Waals surface area (Å²) in [6.07, 6.45) is -2.28. The molecule has 0 fully saturated rings. The fourth-order valence-corrected chi connectivity index (χ4v) is 2.97. The van der Waals surface area contributed by atoms with Gasteiger partial charge in [0.25, 0.3) is 5.91 Å². The Labute approximate surface area is 149 Å². The third kappa shape index (κ3) is 2.95. The van der Waals surface area contributed by atoms with Crippen LogP contribution in [0.25, 0.3) is 21.8 Å². The summed E-state index contributed by atoms with van der Waals surface area (Å²) in [7, 11) is 0. The minimum Gasteiger partial charge on any atom is -0.360 e. The number of H-pyrrole nitrogens is 2. The molecule has 136 valence electrons. The van der Waals surface area contributed by atoms with Crippen molar-refractivity contribution in [1.82, 2.24) is 9.97 Å². The molecule has 0 bridgehead atoms. The topological polar surface area (TPSA) is 77.8 Å². The van der Waals surface area contributed by atoms with Crippen LogP contribution in [-0.4, -0.2) is 15.9 Å². The zero-order valence-electron chi connectivity index (χ0n) is 13.6. The largest absolute Gasteiger partial charge is 0.418 e. The van der Waals surface area contributed by atoms with Crippen molar-refractivity contribution in [3.8, 4) is 0 Å². The van der Waals surface area contributed by atoms with E-state index in [-0.39, 0.29) is 22.2 Å². The fourth-order valence-electron chi connectivity index (χ4n) is 2.97. The number of benzene rings is 2. The molecule has 2 aromatic carbocycles. The van der Waals surface area contributed by atoms with E-state index in [1.807, 2.05) is 0 Å². The number of nitrogens with one attached hydrogen (secondary N) is 3. The molecule has 0 atom stereocenters. The van der Waals surface area contributed by atoms with Crippen molar-refractivity contribution in [3.63, 3.8) is 0 Å². The summed E-state index contributed by atoms with van der Waals surface area (Å²) in [6.45, 7) is 0. The summed E-state index contributed by atoms with van der Waals surface area (Å²) >= 11 is 0. The summed E-state index contributed by atoms with van der Waals surface area (Å²) in [4.78, 5) is 30.4. The van der Waals surface area contributed by atoms with E-state index in [0.717, 1.165) is 6.20 Å². The summed E-state index contributed by atoms with van der Waals surface area (Å²) in [5.74, 6) is -0.649. The van der Waals surface area contributed by atoms with Gasteiger partial charge in [-0.3, -0.25) is 9.59 Å². The molecule has 5 nitrogen and oxygen atoms in total. The molecule has 0 saturated heterocycles. The quantitative estimate of drug-likeness (QED) is 0.492. The third-order valence-corrected chi connectivity index (χ3v) is 4.28. The van der Waals surface area contributed by atoms with Crippen LogP contribution in [0.1, 0.15) is 15.9 Å². The first-order chi connectivity index (χ1) is 12.8. The monoisotopic (exact) mass is 371 g/mol. The minimum atomic E-state index is -4.47. The van der Waals surface area contributed by atoms with Crippen molar-refractivity contribution in [3.05, 3.63) is 76.2 Å². The molecule has 0 aliphatic heterocycles. The third-order valence-electron chi connectivity index (χ3n) is 4.28. The molecule has 0 spiro atoms. The number of hydrogen-bond donors (Lipinski definition) is 3. The van der Waals surface area contributed by atoms with Crippen molar-refractivity contribution >= 4 is 33.4 Å². The number of carbonyl (C=O) groups excluding carboxylic acids is 1. The van der Waals surface area contributed by atoms with Crippen LogP contribution < -0.4 is 10.7 Å². The van der Waals surface area contributed by atoms with Crippen LogP contribution in [0.5, 0.6) is 0 Å². The Hall–Kier alpha value is -3.55. The number of hydrogen-bond acceptors (Lipinski definition) is 2. The lowest BCUT2D eigenvalue weighted by Gasteiger charge is -2.07. The van der Waals surface area contributed by atoms with E-state index in [1.165, 1.54) is 24.4 Å². The SMILES string of the molecule is O=C(Nc1ccc2c(C(F)(F)F)c[nH]c2c1)c1c[nH]c2ccccc2c1=O. The van der Waals surface area contributed by atoms with E-state index in [9.17, 15) is 22.8 Å². The van der Waals surface area contributed by atoms with Crippen LogP contribution in [-0.2, 0) is 6.18 Å². The summed E-state index contributed by atoms with van der Waals surface area (Å²) in [5, 5.41) is 2.92. The molecule has 2 aromatic heterocycles. The molecule has 4 aromatic rings. The predicted octanol–water partition coefficient (Wildman–Crippen LogP) is 4.28. The number of alkyl halides is 3. The second-order valence-electron chi connectivity index (χ2n) is 5.99. The molecule has 2 heterocycles. The standard InChI is InChI=1S/C19H12F3N3O2/c20-19(21,22)14-9-24-16-7-10(5-6-11(14)16)25-18(27)13-8-23-15-4-2-1-3-12(15)17(13)26/h1-9,24H,(H,23,26)(H,25,27). The number of anilines is 1. The number of fused-ring (bicyclic) bond motifs is 2. The molecule has 0 radical (unpaired) electrons. The zero-order valence-corrected chi connectivity index (χ0v) is 13.6. The molecule has 0 saturated carbocycles. The predicted molar refractivity (Wildman–Crippen MR) is 95.8 cm³/mol. The molecule has 0 aliphatic carbocycles. The van der Waals surface area contributed by atoms with Crippen molar-refractivity contribution in [2.45, 2.75) is 6.18 Å². The van der Waals surface area contributed by atoms with E-state index in [1.54, 1.807) is 24.3 Å². The van der Waals surface area contributed by atoms with E-state index in [2.05, 4.69) is 15.3 Å². The molecular weight excluding hydrogens is 359 g/mol. The molecule has 27 heavy (non-hydrogen) atoms. The number of pyridine rings is 1. The van der Waals surface area contributed by atoms with Crippen LogP contribution >= 0.6 is 0 Å². The molecule has 0 unspecified atom stereocenters. The molecule has 8 heteroatoms. The van der Waals surface area contributed by atoms with E-state index in [4.69, 9.17) is 0 Å². The van der Waals surface area contributed by atoms with E-state index in [0.29, 0.717) is 10.9 Å². The lowest BCUT2D eigenvalue weighted by atomic mass is 10.1. The maximum atomic E-state index is 12.9. The first-order valence-electron chi connectivity index (χ1n) is 7.95.